The molecule has 2 N–H and O–H groups in total. The standard InChI is InChI=1S/C11H14N2O/c1-13(8-14)7-9-6-12-11-5-3-2-4-10(9)11/h2-6,12,14H,7-8H2,1H3. The van der Waals surface area contributed by atoms with Crippen LogP contribution in [-0.2, 0) is 6.54 Å². The van der Waals surface area contributed by atoms with E-state index in [0.29, 0.717) is 0 Å². The molecule has 1 heterocycles. The zero-order valence-electron chi connectivity index (χ0n) is 8.20. The molecule has 1 aromatic heterocycles. The lowest BCUT2D eigenvalue weighted by Gasteiger charge is -2.11. The Hall–Kier alpha value is -1.32. The SMILES string of the molecule is CN(CO)Cc1c[nH]c2ccccc12. The number of aliphatic hydroxyl groups excluding tert-OH is 1. The zero-order chi connectivity index (χ0) is 9.97. The van der Waals surface area contributed by atoms with Crippen LogP contribution in [0.5, 0.6) is 0 Å². The second-order valence-corrected chi connectivity index (χ2v) is 3.52. The minimum Gasteiger partial charge on any atom is -0.381 e. The lowest BCUT2D eigenvalue weighted by atomic mass is 10.2. The molecule has 2 aromatic rings. The number of rotatable bonds is 3. The van der Waals surface area contributed by atoms with Gasteiger partial charge in [0, 0.05) is 23.6 Å². The maximum Gasteiger partial charge on any atom is 0.0956 e. The third-order valence-corrected chi connectivity index (χ3v) is 2.36. The van der Waals surface area contributed by atoms with Gasteiger partial charge in [0.1, 0.15) is 0 Å². The summed E-state index contributed by atoms with van der Waals surface area (Å²) in [6, 6.07) is 8.18. The van der Waals surface area contributed by atoms with E-state index in [1.165, 1.54) is 10.9 Å². The summed E-state index contributed by atoms with van der Waals surface area (Å²) in [5.41, 5.74) is 2.37. The summed E-state index contributed by atoms with van der Waals surface area (Å²) >= 11 is 0. The number of para-hydroxylation sites is 1. The first-order valence-corrected chi connectivity index (χ1v) is 4.65. The molecule has 0 fully saturated rings. The zero-order valence-corrected chi connectivity index (χ0v) is 8.20. The van der Waals surface area contributed by atoms with Crippen molar-refractivity contribution in [3.63, 3.8) is 0 Å². The molecule has 2 rings (SSSR count). The number of aromatic nitrogens is 1. The molecular weight excluding hydrogens is 176 g/mol. The number of aromatic amines is 1. The number of aliphatic hydroxyl groups is 1. The number of hydrogen-bond acceptors (Lipinski definition) is 2. The highest BCUT2D eigenvalue weighted by Gasteiger charge is 2.04. The Kier molecular flexibility index (Phi) is 2.52. The molecule has 0 saturated heterocycles. The molecule has 0 spiro atoms. The first kappa shape index (κ1) is 9.24. The minimum atomic E-state index is 0.0828. The van der Waals surface area contributed by atoms with Crippen molar-refractivity contribution < 1.29 is 5.11 Å². The van der Waals surface area contributed by atoms with Crippen molar-refractivity contribution in [2.45, 2.75) is 6.54 Å². The molecule has 3 nitrogen and oxygen atoms in total. The van der Waals surface area contributed by atoms with E-state index in [1.54, 1.807) is 0 Å². The summed E-state index contributed by atoms with van der Waals surface area (Å²) in [7, 11) is 1.89. The fourth-order valence-corrected chi connectivity index (χ4v) is 1.60. The molecule has 0 amide bonds. The van der Waals surface area contributed by atoms with E-state index in [1.807, 2.05) is 30.3 Å². The van der Waals surface area contributed by atoms with Crippen LogP contribution < -0.4 is 0 Å². The van der Waals surface area contributed by atoms with Gasteiger partial charge in [0.25, 0.3) is 0 Å². The molecule has 3 heteroatoms. The highest BCUT2D eigenvalue weighted by atomic mass is 16.3. The summed E-state index contributed by atoms with van der Waals surface area (Å²) in [5, 5.41) is 10.2. The predicted octanol–water partition coefficient (Wildman–Crippen LogP) is 1.55. The second-order valence-electron chi connectivity index (χ2n) is 3.52. The van der Waals surface area contributed by atoms with Crippen molar-refractivity contribution in [1.82, 2.24) is 9.88 Å². The summed E-state index contributed by atoms with van der Waals surface area (Å²) in [6.45, 7) is 0.847. The Morgan fingerprint density at radius 3 is 2.93 bits per heavy atom. The molecule has 0 aliphatic rings. The molecule has 14 heavy (non-hydrogen) atoms. The number of nitrogens with one attached hydrogen (secondary N) is 1. The molecule has 1 aromatic carbocycles. The Labute approximate surface area is 83.0 Å². The molecule has 0 radical (unpaired) electrons. The molecule has 0 unspecified atom stereocenters. The fraction of sp³-hybridized carbons (Fsp3) is 0.273. The van der Waals surface area contributed by atoms with Gasteiger partial charge in [0.05, 0.1) is 6.73 Å². The van der Waals surface area contributed by atoms with Crippen LogP contribution in [0.4, 0.5) is 0 Å². The Balaban J connectivity index is 2.33. The van der Waals surface area contributed by atoms with Crippen molar-refractivity contribution in [2.75, 3.05) is 13.8 Å². The first-order chi connectivity index (χ1) is 6.81. The van der Waals surface area contributed by atoms with E-state index in [4.69, 9.17) is 5.11 Å². The van der Waals surface area contributed by atoms with Crippen molar-refractivity contribution >= 4 is 10.9 Å². The average molecular weight is 190 g/mol. The molecular formula is C11H14N2O. The number of benzene rings is 1. The van der Waals surface area contributed by atoms with Gasteiger partial charge in [-0.05, 0) is 18.7 Å². The van der Waals surface area contributed by atoms with Gasteiger partial charge in [-0.1, -0.05) is 18.2 Å². The molecule has 0 aliphatic heterocycles. The van der Waals surface area contributed by atoms with Crippen LogP contribution >= 0.6 is 0 Å². The quantitative estimate of drug-likeness (QED) is 0.721. The summed E-state index contributed by atoms with van der Waals surface area (Å²) in [5.74, 6) is 0. The molecule has 0 atom stereocenters. The highest BCUT2D eigenvalue weighted by molar-refractivity contribution is 5.82. The van der Waals surface area contributed by atoms with Gasteiger partial charge in [-0.15, -0.1) is 0 Å². The first-order valence-electron chi connectivity index (χ1n) is 4.65. The Morgan fingerprint density at radius 1 is 1.36 bits per heavy atom. The van der Waals surface area contributed by atoms with Crippen LogP contribution in [0.25, 0.3) is 10.9 Å². The molecule has 74 valence electrons. The van der Waals surface area contributed by atoms with Gasteiger partial charge in [-0.3, -0.25) is 4.90 Å². The van der Waals surface area contributed by atoms with Gasteiger partial charge in [0.15, 0.2) is 0 Å². The normalized spacial score (nSPS) is 11.4. The van der Waals surface area contributed by atoms with Gasteiger partial charge in [-0.2, -0.15) is 0 Å². The highest BCUT2D eigenvalue weighted by Crippen LogP contribution is 2.18. The summed E-state index contributed by atoms with van der Waals surface area (Å²) < 4.78 is 0. The summed E-state index contributed by atoms with van der Waals surface area (Å²) in [4.78, 5) is 5.07. The van der Waals surface area contributed by atoms with Gasteiger partial charge >= 0.3 is 0 Å². The number of fused-ring (bicyclic) bond motifs is 1. The third-order valence-electron chi connectivity index (χ3n) is 2.36. The lowest BCUT2D eigenvalue weighted by molar-refractivity contribution is 0.127. The van der Waals surface area contributed by atoms with Gasteiger partial charge in [0.2, 0.25) is 0 Å². The van der Waals surface area contributed by atoms with Crippen LogP contribution in [0.2, 0.25) is 0 Å². The van der Waals surface area contributed by atoms with Crippen molar-refractivity contribution in [2.24, 2.45) is 0 Å². The van der Waals surface area contributed by atoms with Crippen LogP contribution in [0, 0.1) is 0 Å². The van der Waals surface area contributed by atoms with Gasteiger partial charge < -0.3 is 10.1 Å². The number of H-pyrrole nitrogens is 1. The van der Waals surface area contributed by atoms with Crippen molar-refractivity contribution in [3.05, 3.63) is 36.0 Å². The van der Waals surface area contributed by atoms with E-state index >= 15 is 0 Å². The molecule has 0 aliphatic carbocycles. The monoisotopic (exact) mass is 190 g/mol. The number of nitrogens with zero attached hydrogens (tertiary/aromatic N) is 1. The number of hydrogen-bond donors (Lipinski definition) is 2. The molecule has 0 saturated carbocycles. The van der Waals surface area contributed by atoms with E-state index < -0.39 is 0 Å². The van der Waals surface area contributed by atoms with E-state index in [0.717, 1.165) is 12.1 Å². The fourth-order valence-electron chi connectivity index (χ4n) is 1.60. The minimum absolute atomic E-state index is 0.0828. The summed E-state index contributed by atoms with van der Waals surface area (Å²) in [6.07, 6.45) is 2.00. The van der Waals surface area contributed by atoms with Gasteiger partial charge in [-0.25, -0.2) is 0 Å². The lowest BCUT2D eigenvalue weighted by Crippen LogP contribution is -2.18. The third kappa shape index (κ3) is 1.64. The van der Waals surface area contributed by atoms with Crippen LogP contribution in [0.15, 0.2) is 30.5 Å². The van der Waals surface area contributed by atoms with E-state index in [9.17, 15) is 0 Å². The van der Waals surface area contributed by atoms with Crippen molar-refractivity contribution in [1.29, 1.82) is 0 Å². The largest absolute Gasteiger partial charge is 0.381 e. The Bertz CT molecular complexity index is 422. The van der Waals surface area contributed by atoms with Crippen molar-refractivity contribution in [3.8, 4) is 0 Å². The smallest absolute Gasteiger partial charge is 0.0956 e. The predicted molar refractivity (Wildman–Crippen MR) is 56.9 cm³/mol. The van der Waals surface area contributed by atoms with E-state index in [-0.39, 0.29) is 6.73 Å². The van der Waals surface area contributed by atoms with Crippen LogP contribution in [0.1, 0.15) is 5.56 Å². The maximum atomic E-state index is 8.92. The second kappa shape index (κ2) is 3.82. The van der Waals surface area contributed by atoms with Crippen LogP contribution in [-0.4, -0.2) is 28.8 Å². The average Bonchev–Trinajstić information content (AvgIpc) is 2.62. The Morgan fingerprint density at radius 2 is 2.14 bits per heavy atom. The topological polar surface area (TPSA) is 39.3 Å². The maximum absolute atomic E-state index is 8.92. The van der Waals surface area contributed by atoms with E-state index in [2.05, 4.69) is 17.1 Å². The molecule has 0 bridgehead atoms. The van der Waals surface area contributed by atoms with Crippen LogP contribution in [0.3, 0.4) is 0 Å².